The Balaban J connectivity index is 5.41. The fourth-order valence-corrected chi connectivity index (χ4v) is 0.893. The minimum Gasteiger partial charge on any atom is -0.423 e. The van der Waals surface area contributed by atoms with Crippen LogP contribution >= 0.6 is 0 Å². The summed E-state index contributed by atoms with van der Waals surface area (Å²) in [5.74, 6) is 0. The molecule has 2 N–H and O–H groups in total. The molecule has 0 unspecified atom stereocenters. The van der Waals surface area contributed by atoms with Gasteiger partial charge in [-0.15, -0.1) is 0 Å². The van der Waals surface area contributed by atoms with Crippen LogP contribution in [0.4, 0.5) is 0 Å². The monoisotopic (exact) mass is 191 g/mol. The standard InChI is InChI=1S/C10H14BNO2/c1-5-8(4)10(12-7-3)9(6-2)11(13)14/h5-7,13-14H,1-2,4H2,3H3/b10-9-,12-7?. The van der Waals surface area contributed by atoms with Crippen molar-refractivity contribution in [2.75, 3.05) is 0 Å². The Morgan fingerprint density at radius 2 is 1.86 bits per heavy atom. The molecule has 4 heteroatoms. The summed E-state index contributed by atoms with van der Waals surface area (Å²) in [7, 11) is -1.61. The van der Waals surface area contributed by atoms with Gasteiger partial charge in [-0.05, 0) is 12.5 Å². The molecular formula is C10H14BNO2. The van der Waals surface area contributed by atoms with Crippen LogP contribution in [0, 0.1) is 0 Å². The summed E-state index contributed by atoms with van der Waals surface area (Å²) >= 11 is 0. The van der Waals surface area contributed by atoms with Crippen molar-refractivity contribution in [3.05, 3.63) is 48.6 Å². The molecule has 0 rings (SSSR count). The molecule has 0 amide bonds. The molecule has 0 aromatic rings. The third-order valence-electron chi connectivity index (χ3n) is 1.58. The second-order valence-electron chi connectivity index (χ2n) is 2.50. The highest BCUT2D eigenvalue weighted by molar-refractivity contribution is 6.52. The number of rotatable bonds is 5. The largest absolute Gasteiger partial charge is 0.490 e. The lowest BCUT2D eigenvalue weighted by molar-refractivity contribution is 0.420. The lowest BCUT2D eigenvalue weighted by atomic mass is 9.77. The topological polar surface area (TPSA) is 52.8 Å². The van der Waals surface area contributed by atoms with Crippen molar-refractivity contribution < 1.29 is 10.0 Å². The quantitative estimate of drug-likeness (QED) is 0.390. The Morgan fingerprint density at radius 1 is 1.29 bits per heavy atom. The first kappa shape index (κ1) is 12.6. The van der Waals surface area contributed by atoms with Gasteiger partial charge in [-0.1, -0.05) is 31.9 Å². The number of nitrogens with zero attached hydrogens (tertiary/aromatic N) is 1. The van der Waals surface area contributed by atoms with Crippen LogP contribution in [0.1, 0.15) is 6.92 Å². The van der Waals surface area contributed by atoms with Gasteiger partial charge in [0.05, 0.1) is 5.70 Å². The highest BCUT2D eigenvalue weighted by Gasteiger charge is 2.17. The molecule has 14 heavy (non-hydrogen) atoms. The Kier molecular flexibility index (Phi) is 5.52. The van der Waals surface area contributed by atoms with Crippen molar-refractivity contribution in [2.24, 2.45) is 4.99 Å². The van der Waals surface area contributed by atoms with Crippen LogP contribution < -0.4 is 0 Å². The van der Waals surface area contributed by atoms with Crippen LogP contribution in [0.5, 0.6) is 0 Å². The summed E-state index contributed by atoms with van der Waals surface area (Å²) in [4.78, 5) is 3.98. The SMILES string of the molecule is C=CC(=C)/C(N=CC)=C(\C=C)B(O)O. The van der Waals surface area contributed by atoms with Crippen molar-refractivity contribution in [1.29, 1.82) is 0 Å². The van der Waals surface area contributed by atoms with Gasteiger partial charge in [0.25, 0.3) is 0 Å². The van der Waals surface area contributed by atoms with E-state index < -0.39 is 7.12 Å². The van der Waals surface area contributed by atoms with Crippen molar-refractivity contribution in [1.82, 2.24) is 0 Å². The molecule has 0 aromatic carbocycles. The predicted molar refractivity (Wildman–Crippen MR) is 60.9 cm³/mol. The average Bonchev–Trinajstić information content (AvgIpc) is 2.16. The lowest BCUT2D eigenvalue weighted by Crippen LogP contribution is -2.16. The van der Waals surface area contributed by atoms with E-state index in [0.717, 1.165) is 0 Å². The minimum atomic E-state index is -1.61. The third kappa shape index (κ3) is 3.16. The summed E-state index contributed by atoms with van der Waals surface area (Å²) in [6.45, 7) is 12.4. The fourth-order valence-electron chi connectivity index (χ4n) is 0.893. The van der Waals surface area contributed by atoms with Crippen molar-refractivity contribution in [3.8, 4) is 0 Å². The number of allylic oxidation sites excluding steroid dienone is 3. The molecule has 0 aliphatic carbocycles. The smallest absolute Gasteiger partial charge is 0.423 e. The van der Waals surface area contributed by atoms with Gasteiger partial charge in [0, 0.05) is 11.7 Å². The van der Waals surface area contributed by atoms with Crippen LogP contribution in [-0.4, -0.2) is 23.4 Å². The minimum absolute atomic E-state index is 0.216. The maximum atomic E-state index is 9.03. The molecule has 3 nitrogen and oxygen atoms in total. The molecule has 0 aliphatic heterocycles. The molecule has 0 heterocycles. The summed E-state index contributed by atoms with van der Waals surface area (Å²) < 4.78 is 0. The maximum Gasteiger partial charge on any atom is 0.490 e. The van der Waals surface area contributed by atoms with E-state index in [1.807, 2.05) is 0 Å². The number of hydrogen-bond acceptors (Lipinski definition) is 3. The number of aliphatic imine (C=N–C) groups is 1. The Labute approximate surface area is 84.6 Å². The molecule has 0 radical (unpaired) electrons. The Hall–Kier alpha value is -1.39. The lowest BCUT2D eigenvalue weighted by Gasteiger charge is -2.07. The molecule has 0 aliphatic rings. The van der Waals surface area contributed by atoms with E-state index in [1.165, 1.54) is 18.4 Å². The summed E-state index contributed by atoms with van der Waals surface area (Å²) in [5, 5.41) is 18.1. The van der Waals surface area contributed by atoms with Gasteiger partial charge in [-0.2, -0.15) is 0 Å². The zero-order valence-corrected chi connectivity index (χ0v) is 8.27. The molecule has 0 saturated heterocycles. The second kappa shape index (κ2) is 6.13. The first-order chi connectivity index (χ1) is 6.58. The summed E-state index contributed by atoms with van der Waals surface area (Å²) in [5.41, 5.74) is 1.12. The van der Waals surface area contributed by atoms with Gasteiger partial charge < -0.3 is 10.0 Å². The van der Waals surface area contributed by atoms with Crippen molar-refractivity contribution >= 4 is 13.3 Å². The highest BCUT2D eigenvalue weighted by Crippen LogP contribution is 2.17. The molecule has 0 bridgehead atoms. The van der Waals surface area contributed by atoms with Gasteiger partial charge >= 0.3 is 7.12 Å². The van der Waals surface area contributed by atoms with Crippen LogP contribution in [0.25, 0.3) is 0 Å². The van der Waals surface area contributed by atoms with Gasteiger partial charge in [-0.3, -0.25) is 4.99 Å². The van der Waals surface area contributed by atoms with Crippen molar-refractivity contribution in [3.63, 3.8) is 0 Å². The van der Waals surface area contributed by atoms with Crippen molar-refractivity contribution in [2.45, 2.75) is 6.92 Å². The first-order valence-electron chi connectivity index (χ1n) is 4.11. The van der Waals surface area contributed by atoms with Crippen LogP contribution in [0.3, 0.4) is 0 Å². The molecule has 0 saturated carbocycles. The Bertz CT molecular complexity index is 303. The summed E-state index contributed by atoms with van der Waals surface area (Å²) in [6, 6.07) is 0. The molecular weight excluding hydrogens is 177 g/mol. The summed E-state index contributed by atoms with van der Waals surface area (Å²) in [6.07, 6.45) is 4.37. The zero-order valence-electron chi connectivity index (χ0n) is 8.27. The molecule has 0 aromatic heterocycles. The van der Waals surface area contributed by atoms with E-state index in [4.69, 9.17) is 10.0 Å². The van der Waals surface area contributed by atoms with E-state index >= 15 is 0 Å². The highest BCUT2D eigenvalue weighted by atomic mass is 16.4. The van der Waals surface area contributed by atoms with Crippen LogP contribution in [-0.2, 0) is 0 Å². The molecule has 0 atom stereocenters. The zero-order chi connectivity index (χ0) is 11.1. The normalized spacial score (nSPS) is 12.2. The first-order valence-corrected chi connectivity index (χ1v) is 4.11. The van der Waals surface area contributed by atoms with Crippen LogP contribution in [0.2, 0.25) is 0 Å². The Morgan fingerprint density at radius 3 is 2.14 bits per heavy atom. The van der Waals surface area contributed by atoms with E-state index in [2.05, 4.69) is 24.7 Å². The van der Waals surface area contributed by atoms with E-state index in [9.17, 15) is 0 Å². The number of hydrogen-bond donors (Lipinski definition) is 2. The van der Waals surface area contributed by atoms with Gasteiger partial charge in [0.2, 0.25) is 0 Å². The predicted octanol–water partition coefficient (Wildman–Crippen LogP) is 1.27. The fraction of sp³-hybridized carbons (Fsp3) is 0.100. The molecule has 74 valence electrons. The van der Waals surface area contributed by atoms with Gasteiger partial charge in [0.15, 0.2) is 0 Å². The van der Waals surface area contributed by atoms with Gasteiger partial charge in [-0.25, -0.2) is 0 Å². The second-order valence-corrected chi connectivity index (χ2v) is 2.50. The van der Waals surface area contributed by atoms with Crippen LogP contribution in [0.15, 0.2) is 53.6 Å². The van der Waals surface area contributed by atoms with E-state index in [0.29, 0.717) is 11.3 Å². The third-order valence-corrected chi connectivity index (χ3v) is 1.58. The average molecular weight is 191 g/mol. The maximum absolute atomic E-state index is 9.03. The molecule has 0 fully saturated rings. The van der Waals surface area contributed by atoms with E-state index in [-0.39, 0.29) is 5.47 Å². The van der Waals surface area contributed by atoms with E-state index in [1.54, 1.807) is 6.92 Å². The van der Waals surface area contributed by atoms with Gasteiger partial charge in [0.1, 0.15) is 0 Å². The molecule has 0 spiro atoms.